The average Bonchev–Trinajstić information content (AvgIpc) is 2.13. The van der Waals surface area contributed by atoms with Gasteiger partial charge in [0.1, 0.15) is 6.04 Å². The first-order valence-electron chi connectivity index (χ1n) is 3.71. The molecule has 0 fully saturated rings. The number of rotatable bonds is 2. The van der Waals surface area contributed by atoms with E-state index in [-0.39, 0.29) is 6.04 Å². The molecule has 0 aliphatic heterocycles. The summed E-state index contributed by atoms with van der Waals surface area (Å²) in [6.07, 6.45) is 0. The first kappa shape index (κ1) is 10.7. The Morgan fingerprint density at radius 1 is 1.38 bits per heavy atom. The highest BCUT2D eigenvalue weighted by Crippen LogP contribution is 2.26. The summed E-state index contributed by atoms with van der Waals surface area (Å²) in [6.45, 7) is 0. The second-order valence-electron chi connectivity index (χ2n) is 2.52. The van der Waals surface area contributed by atoms with Gasteiger partial charge in [-0.2, -0.15) is 5.26 Å². The van der Waals surface area contributed by atoms with Gasteiger partial charge in [0.05, 0.1) is 6.07 Å². The van der Waals surface area contributed by atoms with Gasteiger partial charge < -0.3 is 5.32 Å². The van der Waals surface area contributed by atoms with Gasteiger partial charge in [-0.1, -0.05) is 6.07 Å². The van der Waals surface area contributed by atoms with Crippen LogP contribution < -0.4 is 5.32 Å². The molecule has 1 unspecified atom stereocenters. The molecule has 0 saturated carbocycles. The quantitative estimate of drug-likeness (QED) is 0.912. The van der Waals surface area contributed by atoms with Crippen LogP contribution in [-0.2, 0) is 0 Å². The second kappa shape index (κ2) is 4.75. The maximum Gasteiger partial charge on any atom is 0.121 e. The number of hydrogen-bond acceptors (Lipinski definition) is 2. The zero-order valence-corrected chi connectivity index (χ0v) is 10.2. The molecule has 13 heavy (non-hydrogen) atoms. The Morgan fingerprint density at radius 2 is 2.08 bits per heavy atom. The number of nitriles is 1. The van der Waals surface area contributed by atoms with Gasteiger partial charge in [-0.3, -0.25) is 0 Å². The molecule has 0 radical (unpaired) electrons. The molecule has 2 nitrogen and oxygen atoms in total. The van der Waals surface area contributed by atoms with E-state index >= 15 is 0 Å². The predicted molar refractivity (Wildman–Crippen MR) is 59.3 cm³/mol. The summed E-state index contributed by atoms with van der Waals surface area (Å²) in [5.41, 5.74) is 0.958. The van der Waals surface area contributed by atoms with Crippen molar-refractivity contribution in [1.29, 1.82) is 5.26 Å². The molecule has 4 heteroatoms. The van der Waals surface area contributed by atoms with E-state index in [4.69, 9.17) is 5.26 Å². The van der Waals surface area contributed by atoms with Crippen LogP contribution in [0, 0.1) is 11.3 Å². The minimum atomic E-state index is -0.246. The van der Waals surface area contributed by atoms with Crippen molar-refractivity contribution in [2.75, 3.05) is 7.05 Å². The summed E-state index contributed by atoms with van der Waals surface area (Å²) in [5, 5.41) is 11.7. The fraction of sp³-hybridized carbons (Fsp3) is 0.222. The van der Waals surface area contributed by atoms with Crippen LogP contribution in [0.2, 0.25) is 0 Å². The molecule has 0 aliphatic carbocycles. The Bertz CT molecular complexity index is 344. The Labute approximate surface area is 94.2 Å². The molecule has 1 atom stereocenters. The largest absolute Gasteiger partial charge is 0.301 e. The molecule has 0 saturated heterocycles. The molecule has 1 aromatic carbocycles. The molecule has 0 heterocycles. The highest BCUT2D eigenvalue weighted by molar-refractivity contribution is 9.13. The number of nitrogens with zero attached hydrogens (tertiary/aromatic N) is 1. The van der Waals surface area contributed by atoms with Crippen molar-refractivity contribution in [3.05, 3.63) is 32.7 Å². The van der Waals surface area contributed by atoms with E-state index in [1.807, 2.05) is 18.2 Å². The van der Waals surface area contributed by atoms with Crippen molar-refractivity contribution in [3.63, 3.8) is 0 Å². The fourth-order valence-electron chi connectivity index (χ4n) is 0.998. The van der Waals surface area contributed by atoms with Crippen LogP contribution in [0.1, 0.15) is 11.6 Å². The van der Waals surface area contributed by atoms with Crippen molar-refractivity contribution < 1.29 is 0 Å². The zero-order valence-electron chi connectivity index (χ0n) is 7.01. The summed E-state index contributed by atoms with van der Waals surface area (Å²) in [4.78, 5) is 0. The number of hydrogen-bond donors (Lipinski definition) is 1. The smallest absolute Gasteiger partial charge is 0.121 e. The van der Waals surface area contributed by atoms with E-state index in [9.17, 15) is 0 Å². The lowest BCUT2D eigenvalue weighted by Crippen LogP contribution is -2.13. The lowest BCUT2D eigenvalue weighted by molar-refractivity contribution is 0.726. The van der Waals surface area contributed by atoms with E-state index in [0.29, 0.717) is 0 Å². The van der Waals surface area contributed by atoms with Crippen LogP contribution in [0.3, 0.4) is 0 Å². The van der Waals surface area contributed by atoms with Crippen molar-refractivity contribution in [2.24, 2.45) is 0 Å². The Hall–Kier alpha value is -0.370. The summed E-state index contributed by atoms with van der Waals surface area (Å²) >= 11 is 6.76. The maximum absolute atomic E-state index is 8.80. The average molecular weight is 304 g/mol. The molecular weight excluding hydrogens is 296 g/mol. The van der Waals surface area contributed by atoms with E-state index in [2.05, 4.69) is 43.2 Å². The van der Waals surface area contributed by atoms with Gasteiger partial charge in [0.2, 0.25) is 0 Å². The Morgan fingerprint density at radius 3 is 2.54 bits per heavy atom. The number of nitrogens with one attached hydrogen (secondary N) is 1. The molecule has 68 valence electrons. The van der Waals surface area contributed by atoms with Crippen LogP contribution in [0.5, 0.6) is 0 Å². The van der Waals surface area contributed by atoms with Crippen molar-refractivity contribution in [1.82, 2.24) is 5.32 Å². The molecule has 0 spiro atoms. The predicted octanol–water partition coefficient (Wildman–Crippen LogP) is 3.00. The second-order valence-corrected chi connectivity index (χ2v) is 4.23. The summed E-state index contributed by atoms with van der Waals surface area (Å²) in [6, 6.07) is 7.68. The van der Waals surface area contributed by atoms with Gasteiger partial charge in [-0.05, 0) is 56.6 Å². The summed E-state index contributed by atoms with van der Waals surface area (Å²) in [5.74, 6) is 0. The molecule has 0 amide bonds. The topological polar surface area (TPSA) is 35.8 Å². The van der Waals surface area contributed by atoms with E-state index in [1.54, 1.807) is 7.05 Å². The van der Waals surface area contributed by atoms with Gasteiger partial charge in [0, 0.05) is 8.95 Å². The molecule has 1 aromatic rings. The minimum Gasteiger partial charge on any atom is -0.301 e. The van der Waals surface area contributed by atoms with Gasteiger partial charge in [0.25, 0.3) is 0 Å². The molecular formula is C9H8Br2N2. The zero-order chi connectivity index (χ0) is 9.84. The van der Waals surface area contributed by atoms with Gasteiger partial charge in [-0.25, -0.2) is 0 Å². The van der Waals surface area contributed by atoms with E-state index in [1.165, 1.54) is 0 Å². The number of benzene rings is 1. The normalized spacial score (nSPS) is 12.2. The van der Waals surface area contributed by atoms with Crippen molar-refractivity contribution >= 4 is 31.9 Å². The third-order valence-corrected chi connectivity index (χ3v) is 3.57. The van der Waals surface area contributed by atoms with E-state index in [0.717, 1.165) is 14.5 Å². The molecule has 0 bridgehead atoms. The third-order valence-electron chi connectivity index (χ3n) is 1.69. The van der Waals surface area contributed by atoms with Gasteiger partial charge >= 0.3 is 0 Å². The van der Waals surface area contributed by atoms with Gasteiger partial charge in [0.15, 0.2) is 0 Å². The monoisotopic (exact) mass is 302 g/mol. The van der Waals surface area contributed by atoms with Crippen LogP contribution >= 0.6 is 31.9 Å². The first-order chi connectivity index (χ1) is 6.19. The van der Waals surface area contributed by atoms with Crippen LogP contribution in [-0.4, -0.2) is 7.05 Å². The SMILES string of the molecule is CNC(C#N)c1ccc(Br)c(Br)c1. The number of halogens is 2. The lowest BCUT2D eigenvalue weighted by atomic mass is 10.1. The first-order valence-corrected chi connectivity index (χ1v) is 5.29. The minimum absolute atomic E-state index is 0.246. The van der Waals surface area contributed by atoms with Crippen molar-refractivity contribution in [3.8, 4) is 6.07 Å². The third kappa shape index (κ3) is 2.53. The van der Waals surface area contributed by atoms with E-state index < -0.39 is 0 Å². The molecule has 0 aliphatic rings. The highest BCUT2D eigenvalue weighted by Gasteiger charge is 2.08. The standard InChI is InChI=1S/C9H8Br2N2/c1-13-9(5-12)6-2-3-7(10)8(11)4-6/h2-4,9,13H,1H3. The fourth-order valence-corrected chi connectivity index (χ4v) is 1.64. The molecule has 0 aromatic heterocycles. The van der Waals surface area contributed by atoms with Gasteiger partial charge in [-0.15, -0.1) is 0 Å². The molecule has 1 rings (SSSR count). The maximum atomic E-state index is 8.80. The summed E-state index contributed by atoms with van der Waals surface area (Å²) < 4.78 is 1.95. The van der Waals surface area contributed by atoms with Crippen LogP contribution in [0.4, 0.5) is 0 Å². The Kier molecular flexibility index (Phi) is 3.91. The van der Waals surface area contributed by atoms with Crippen molar-refractivity contribution in [2.45, 2.75) is 6.04 Å². The van der Waals surface area contributed by atoms with Crippen LogP contribution in [0.25, 0.3) is 0 Å². The highest BCUT2D eigenvalue weighted by atomic mass is 79.9. The lowest BCUT2D eigenvalue weighted by Gasteiger charge is -2.08. The summed E-state index contributed by atoms with van der Waals surface area (Å²) in [7, 11) is 1.77. The molecule has 1 N–H and O–H groups in total. The Balaban J connectivity index is 3.04. The van der Waals surface area contributed by atoms with Crippen LogP contribution in [0.15, 0.2) is 27.1 Å².